The Morgan fingerprint density at radius 3 is 2.55 bits per heavy atom. The molecular weight excluding hydrogens is 266 g/mol. The Bertz CT molecular complexity index is 589. The van der Waals surface area contributed by atoms with Gasteiger partial charge in [0, 0.05) is 12.7 Å². The summed E-state index contributed by atoms with van der Waals surface area (Å²) in [5.74, 6) is -1.80. The van der Waals surface area contributed by atoms with Crippen LogP contribution in [0.15, 0.2) is 15.8 Å². The molecule has 20 heavy (non-hydrogen) atoms. The summed E-state index contributed by atoms with van der Waals surface area (Å²) in [6.07, 6.45) is 1.73. The first-order chi connectivity index (χ1) is 9.40. The van der Waals surface area contributed by atoms with Gasteiger partial charge in [-0.3, -0.25) is 19.4 Å². The van der Waals surface area contributed by atoms with E-state index in [1.165, 1.54) is 0 Å². The van der Waals surface area contributed by atoms with Crippen molar-refractivity contribution in [1.29, 1.82) is 0 Å². The van der Waals surface area contributed by atoms with Crippen LogP contribution in [-0.4, -0.2) is 53.9 Å². The van der Waals surface area contributed by atoms with Crippen molar-refractivity contribution in [2.75, 3.05) is 32.5 Å². The molecule has 0 aromatic carbocycles. The minimum Gasteiger partial charge on any atom is -0.348 e. The van der Waals surface area contributed by atoms with Crippen molar-refractivity contribution in [3.05, 3.63) is 27.0 Å². The molecule has 4 N–H and O–H groups in total. The molecule has 1 aromatic rings. The third kappa shape index (κ3) is 5.06. The van der Waals surface area contributed by atoms with Gasteiger partial charge in [0.15, 0.2) is 0 Å². The van der Waals surface area contributed by atoms with E-state index in [1.807, 2.05) is 24.0 Å². The minimum absolute atomic E-state index is 0.196. The number of amides is 2. The molecule has 1 aromatic heterocycles. The van der Waals surface area contributed by atoms with Gasteiger partial charge in [-0.15, -0.1) is 0 Å². The molecule has 0 saturated heterocycles. The second kappa shape index (κ2) is 7.24. The van der Waals surface area contributed by atoms with Crippen LogP contribution in [0.1, 0.15) is 6.42 Å². The molecule has 0 atom stereocenters. The molecule has 1 rings (SSSR count). The predicted molar refractivity (Wildman–Crippen MR) is 72.5 cm³/mol. The van der Waals surface area contributed by atoms with E-state index in [4.69, 9.17) is 0 Å². The van der Waals surface area contributed by atoms with Crippen LogP contribution < -0.4 is 21.9 Å². The smallest absolute Gasteiger partial charge is 0.325 e. The maximum absolute atomic E-state index is 11.5. The normalized spacial score (nSPS) is 10.3. The lowest BCUT2D eigenvalue weighted by Crippen LogP contribution is -2.38. The monoisotopic (exact) mass is 283 g/mol. The van der Waals surface area contributed by atoms with E-state index in [2.05, 4.69) is 15.6 Å². The standard InChI is InChI=1S/C11H17N5O4/c1-16(2)5-3-4-12-9(18)10(19)14-7-6-13-11(20)15-8(7)17/h6H,3-5H2,1-2H3,(H,12,18)(H,14,19)(H2,13,15,17,20). The SMILES string of the molecule is CN(C)CCCNC(=O)C(=O)Nc1c[nH]c(=O)[nH]c1=O. The number of carbonyl (C=O) groups is 2. The fraction of sp³-hybridized carbons (Fsp3) is 0.455. The average Bonchev–Trinajstić information content (AvgIpc) is 2.37. The number of aromatic amines is 2. The average molecular weight is 283 g/mol. The molecule has 0 fully saturated rings. The quantitative estimate of drug-likeness (QED) is 0.370. The van der Waals surface area contributed by atoms with Gasteiger partial charge in [0.25, 0.3) is 5.56 Å². The Hall–Kier alpha value is -2.42. The predicted octanol–water partition coefficient (Wildman–Crippen LogP) is -1.93. The van der Waals surface area contributed by atoms with Crippen molar-refractivity contribution in [2.45, 2.75) is 6.42 Å². The fourth-order valence-corrected chi connectivity index (χ4v) is 1.36. The molecule has 0 spiro atoms. The molecule has 0 saturated carbocycles. The first-order valence-corrected chi connectivity index (χ1v) is 5.96. The Kier molecular flexibility index (Phi) is 5.66. The second-order valence-corrected chi connectivity index (χ2v) is 4.35. The van der Waals surface area contributed by atoms with Crippen LogP contribution in [0.3, 0.4) is 0 Å². The summed E-state index contributed by atoms with van der Waals surface area (Å²) in [7, 11) is 3.80. The molecule has 2 amide bonds. The second-order valence-electron chi connectivity index (χ2n) is 4.35. The number of aromatic nitrogens is 2. The number of H-pyrrole nitrogens is 2. The summed E-state index contributed by atoms with van der Waals surface area (Å²) in [5, 5.41) is 4.54. The Balaban J connectivity index is 2.47. The molecule has 0 aliphatic heterocycles. The molecule has 9 nitrogen and oxygen atoms in total. The van der Waals surface area contributed by atoms with Crippen LogP contribution in [0.4, 0.5) is 5.69 Å². The molecule has 0 aliphatic rings. The van der Waals surface area contributed by atoms with Gasteiger partial charge < -0.3 is 20.5 Å². The summed E-state index contributed by atoms with van der Waals surface area (Å²) in [5.41, 5.74) is -1.67. The number of nitrogens with one attached hydrogen (secondary N) is 4. The first kappa shape index (κ1) is 15.6. The highest BCUT2D eigenvalue weighted by atomic mass is 16.2. The summed E-state index contributed by atoms with van der Waals surface area (Å²) in [6, 6.07) is 0. The molecule has 0 radical (unpaired) electrons. The third-order valence-electron chi connectivity index (χ3n) is 2.34. The third-order valence-corrected chi connectivity index (χ3v) is 2.34. The van der Waals surface area contributed by atoms with E-state index in [0.717, 1.165) is 12.7 Å². The highest BCUT2D eigenvalue weighted by molar-refractivity contribution is 6.39. The number of nitrogens with zero attached hydrogens (tertiary/aromatic N) is 1. The Morgan fingerprint density at radius 1 is 1.25 bits per heavy atom. The van der Waals surface area contributed by atoms with Crippen molar-refractivity contribution in [1.82, 2.24) is 20.2 Å². The number of hydrogen-bond donors (Lipinski definition) is 4. The van der Waals surface area contributed by atoms with E-state index in [9.17, 15) is 19.2 Å². The van der Waals surface area contributed by atoms with Gasteiger partial charge in [-0.1, -0.05) is 0 Å². The van der Waals surface area contributed by atoms with Gasteiger partial charge in [0.05, 0.1) is 0 Å². The molecular formula is C11H17N5O4. The largest absolute Gasteiger partial charge is 0.348 e. The maximum atomic E-state index is 11.5. The molecule has 110 valence electrons. The van der Waals surface area contributed by atoms with Gasteiger partial charge in [-0.2, -0.15) is 0 Å². The maximum Gasteiger partial charge on any atom is 0.325 e. The fourth-order valence-electron chi connectivity index (χ4n) is 1.36. The van der Waals surface area contributed by atoms with E-state index in [-0.39, 0.29) is 5.69 Å². The van der Waals surface area contributed by atoms with Gasteiger partial charge >= 0.3 is 17.5 Å². The van der Waals surface area contributed by atoms with Crippen LogP contribution in [0.5, 0.6) is 0 Å². The summed E-state index contributed by atoms with van der Waals surface area (Å²) in [6.45, 7) is 1.13. The Labute approximate surface area is 114 Å². The lowest BCUT2D eigenvalue weighted by atomic mass is 10.4. The lowest BCUT2D eigenvalue weighted by Gasteiger charge is -2.09. The zero-order chi connectivity index (χ0) is 15.1. The zero-order valence-corrected chi connectivity index (χ0v) is 11.3. The summed E-state index contributed by atoms with van der Waals surface area (Å²) in [4.78, 5) is 51.1. The van der Waals surface area contributed by atoms with Crippen LogP contribution >= 0.6 is 0 Å². The first-order valence-electron chi connectivity index (χ1n) is 5.96. The molecule has 0 unspecified atom stereocenters. The molecule has 0 bridgehead atoms. The Morgan fingerprint density at radius 2 is 1.95 bits per heavy atom. The van der Waals surface area contributed by atoms with E-state index in [0.29, 0.717) is 13.0 Å². The van der Waals surface area contributed by atoms with Crippen LogP contribution in [0.25, 0.3) is 0 Å². The highest BCUT2D eigenvalue weighted by Crippen LogP contribution is 1.92. The number of carbonyl (C=O) groups excluding carboxylic acids is 2. The molecule has 0 aliphatic carbocycles. The highest BCUT2D eigenvalue weighted by Gasteiger charge is 2.14. The number of anilines is 1. The van der Waals surface area contributed by atoms with Gasteiger partial charge in [0.1, 0.15) is 5.69 Å². The molecule has 9 heteroatoms. The number of hydrogen-bond acceptors (Lipinski definition) is 5. The topological polar surface area (TPSA) is 127 Å². The van der Waals surface area contributed by atoms with Crippen molar-refractivity contribution < 1.29 is 9.59 Å². The van der Waals surface area contributed by atoms with Crippen molar-refractivity contribution in [3.8, 4) is 0 Å². The van der Waals surface area contributed by atoms with Gasteiger partial charge in [-0.05, 0) is 27.1 Å². The summed E-state index contributed by atoms with van der Waals surface area (Å²) < 4.78 is 0. The van der Waals surface area contributed by atoms with E-state index >= 15 is 0 Å². The molecule has 1 heterocycles. The van der Waals surface area contributed by atoms with Crippen molar-refractivity contribution >= 4 is 17.5 Å². The van der Waals surface area contributed by atoms with Crippen molar-refractivity contribution in [3.63, 3.8) is 0 Å². The summed E-state index contributed by atoms with van der Waals surface area (Å²) >= 11 is 0. The van der Waals surface area contributed by atoms with Crippen molar-refractivity contribution in [2.24, 2.45) is 0 Å². The lowest BCUT2D eigenvalue weighted by molar-refractivity contribution is -0.136. The van der Waals surface area contributed by atoms with Gasteiger partial charge in [-0.25, -0.2) is 4.79 Å². The number of rotatable bonds is 5. The van der Waals surface area contributed by atoms with Crippen LogP contribution in [0.2, 0.25) is 0 Å². The minimum atomic E-state index is -0.965. The van der Waals surface area contributed by atoms with E-state index < -0.39 is 23.1 Å². The zero-order valence-electron chi connectivity index (χ0n) is 11.3. The van der Waals surface area contributed by atoms with Crippen LogP contribution in [0, 0.1) is 0 Å². The van der Waals surface area contributed by atoms with Gasteiger partial charge in [0.2, 0.25) is 0 Å². The van der Waals surface area contributed by atoms with Crippen LogP contribution in [-0.2, 0) is 9.59 Å². The van der Waals surface area contributed by atoms with E-state index in [1.54, 1.807) is 0 Å².